The van der Waals surface area contributed by atoms with Crippen molar-refractivity contribution in [2.45, 2.75) is 58.6 Å². The molecule has 0 bridgehead atoms. The minimum absolute atomic E-state index is 0.237. The molecule has 0 radical (unpaired) electrons. The van der Waals surface area contributed by atoms with Crippen LogP contribution in [0.25, 0.3) is 0 Å². The van der Waals surface area contributed by atoms with Gasteiger partial charge in [-0.25, -0.2) is 4.98 Å². The van der Waals surface area contributed by atoms with Crippen LogP contribution in [0.4, 0.5) is 0 Å². The Morgan fingerprint density at radius 3 is 2.53 bits per heavy atom. The molecule has 2 rings (SSSR count). The first kappa shape index (κ1) is 5.45. The van der Waals surface area contributed by atoms with Crippen LogP contribution < -0.4 is 5.59 Å². The number of imidazole rings is 1. The summed E-state index contributed by atoms with van der Waals surface area (Å²) in [5, 5.41) is 0. The van der Waals surface area contributed by atoms with E-state index in [9.17, 15) is 0 Å². The molecule has 94 valence electrons. The van der Waals surface area contributed by atoms with Crippen LogP contribution in [0.15, 0.2) is 12.5 Å². The summed E-state index contributed by atoms with van der Waals surface area (Å²) in [5.74, 6) is 0. The van der Waals surface area contributed by atoms with E-state index in [0.29, 0.717) is 0 Å². The SMILES string of the molecule is [2H]c1nc(B2OC(C)(C)C(C)(C)O2)c([2H])n1C([2H])(C([2H])([2H])[2H])C([2H])([2H])[2H]. The fraction of sp³-hybridized carbons (Fsp3) is 0.750. The summed E-state index contributed by atoms with van der Waals surface area (Å²) in [6, 6.07) is -3.25. The van der Waals surface area contributed by atoms with Gasteiger partial charge in [-0.1, -0.05) is 0 Å². The zero-order chi connectivity index (χ0) is 20.5. The molecule has 17 heavy (non-hydrogen) atoms. The van der Waals surface area contributed by atoms with Gasteiger partial charge in [0.05, 0.1) is 25.8 Å². The van der Waals surface area contributed by atoms with Crippen molar-refractivity contribution in [2.75, 3.05) is 0 Å². The van der Waals surface area contributed by atoms with Crippen molar-refractivity contribution in [1.29, 1.82) is 0 Å². The summed E-state index contributed by atoms with van der Waals surface area (Å²) >= 11 is 0. The molecular formula is C12H21BN2O2. The van der Waals surface area contributed by atoms with E-state index in [4.69, 9.17) is 21.6 Å². The lowest BCUT2D eigenvalue weighted by Gasteiger charge is -2.32. The number of hydrogen-bond donors (Lipinski definition) is 0. The predicted molar refractivity (Wildman–Crippen MR) is 68.3 cm³/mol. The molecule has 0 amide bonds. The van der Waals surface area contributed by atoms with Gasteiger partial charge in [0.2, 0.25) is 0 Å². The van der Waals surface area contributed by atoms with E-state index < -0.39 is 50.5 Å². The van der Waals surface area contributed by atoms with Crippen LogP contribution in [0.3, 0.4) is 0 Å². The van der Waals surface area contributed by atoms with Gasteiger partial charge in [0.25, 0.3) is 0 Å². The predicted octanol–water partition coefficient (Wildman–Crippen LogP) is 1.76. The van der Waals surface area contributed by atoms with Crippen LogP contribution in [0, 0.1) is 0 Å². The van der Waals surface area contributed by atoms with Crippen molar-refractivity contribution < 1.29 is 21.6 Å². The molecule has 1 aliphatic rings. The zero-order valence-electron chi connectivity index (χ0n) is 19.3. The van der Waals surface area contributed by atoms with E-state index in [-0.39, 0.29) is 10.2 Å². The van der Waals surface area contributed by atoms with Crippen molar-refractivity contribution in [3.05, 3.63) is 12.5 Å². The van der Waals surface area contributed by atoms with E-state index in [1.807, 2.05) is 0 Å². The first-order valence-corrected chi connectivity index (χ1v) is 5.29. The minimum Gasteiger partial charge on any atom is -0.398 e. The Hall–Kier alpha value is -0.805. The molecule has 1 saturated heterocycles. The third kappa shape index (κ3) is 2.14. The Bertz CT molecular complexity index is 681. The maximum atomic E-state index is 8.21. The Kier molecular flexibility index (Phi) is 1.23. The van der Waals surface area contributed by atoms with Crippen LogP contribution in [0.5, 0.6) is 0 Å². The average Bonchev–Trinajstić information content (AvgIpc) is 2.80. The highest BCUT2D eigenvalue weighted by molar-refractivity contribution is 6.61. The van der Waals surface area contributed by atoms with E-state index in [1.165, 1.54) is 0 Å². The molecule has 0 spiro atoms. The van der Waals surface area contributed by atoms with Crippen molar-refractivity contribution in [3.8, 4) is 0 Å². The van der Waals surface area contributed by atoms with Gasteiger partial charge in [0, 0.05) is 20.4 Å². The first-order chi connectivity index (χ1) is 11.4. The van der Waals surface area contributed by atoms with Gasteiger partial charge in [-0.3, -0.25) is 0 Å². The highest BCUT2D eigenvalue weighted by Gasteiger charge is 2.52. The monoisotopic (exact) mass is 245 g/mol. The fourth-order valence-electron chi connectivity index (χ4n) is 1.43. The summed E-state index contributed by atoms with van der Waals surface area (Å²) in [7, 11) is -1.18. The first-order valence-electron chi connectivity index (χ1n) is 9.79. The Morgan fingerprint density at radius 1 is 1.41 bits per heavy atom. The van der Waals surface area contributed by atoms with Gasteiger partial charge in [0.1, 0.15) is 1.37 Å². The van der Waals surface area contributed by atoms with Gasteiger partial charge in [0.15, 0.2) is 0 Å². The van der Waals surface area contributed by atoms with Crippen LogP contribution in [0.1, 0.15) is 59.8 Å². The summed E-state index contributed by atoms with van der Waals surface area (Å²) in [4.78, 5) is 3.79. The standard InChI is InChI=1S/C12H21BN2O2/c1-9(2)15-7-10(14-8-15)13-16-11(3,4)12(5,6)17-13/h7-9H,1-6H3/i1D3,2D3,7D,8D,9D. The van der Waals surface area contributed by atoms with Crippen LogP contribution in [-0.2, 0) is 9.31 Å². The van der Waals surface area contributed by atoms with E-state index >= 15 is 0 Å². The van der Waals surface area contributed by atoms with Crippen molar-refractivity contribution >= 4 is 12.7 Å². The smallest absolute Gasteiger partial charge is 0.398 e. The average molecular weight is 245 g/mol. The van der Waals surface area contributed by atoms with Crippen molar-refractivity contribution in [1.82, 2.24) is 9.55 Å². The van der Waals surface area contributed by atoms with Gasteiger partial charge >= 0.3 is 7.12 Å². The van der Waals surface area contributed by atoms with Crippen molar-refractivity contribution in [2.24, 2.45) is 0 Å². The second kappa shape index (κ2) is 3.85. The number of aromatic nitrogens is 2. The lowest BCUT2D eigenvalue weighted by molar-refractivity contribution is 0.00578. The van der Waals surface area contributed by atoms with E-state index in [1.54, 1.807) is 27.7 Å². The zero-order valence-corrected chi connectivity index (χ0v) is 10.3. The second-order valence-corrected chi connectivity index (χ2v) is 4.98. The summed E-state index contributed by atoms with van der Waals surface area (Å²) in [6.45, 7) is 0.364. The van der Waals surface area contributed by atoms with E-state index in [2.05, 4.69) is 4.98 Å². The largest absolute Gasteiger partial charge is 0.516 e. The molecule has 0 aromatic carbocycles. The molecule has 4 nitrogen and oxygen atoms in total. The number of hydrogen-bond acceptors (Lipinski definition) is 3. The molecule has 1 aromatic rings. The molecule has 0 N–H and O–H groups in total. The van der Waals surface area contributed by atoms with Crippen LogP contribution in [0.2, 0.25) is 0 Å². The van der Waals surface area contributed by atoms with Crippen LogP contribution in [-0.4, -0.2) is 27.9 Å². The van der Waals surface area contributed by atoms with Crippen LogP contribution >= 0.6 is 0 Å². The lowest BCUT2D eigenvalue weighted by atomic mass is 9.86. The molecule has 0 atom stereocenters. The normalized spacial score (nSPS) is 32.2. The minimum atomic E-state index is -3.34. The van der Waals surface area contributed by atoms with Gasteiger partial charge in [-0.05, 0) is 41.4 Å². The van der Waals surface area contributed by atoms with E-state index in [0.717, 1.165) is 0 Å². The summed E-state index contributed by atoms with van der Waals surface area (Å²) in [6.07, 6.45) is -1.54. The lowest BCUT2D eigenvalue weighted by Crippen LogP contribution is -2.41. The molecule has 0 unspecified atom stereocenters. The van der Waals surface area contributed by atoms with Gasteiger partial charge in [-0.2, -0.15) is 0 Å². The Labute approximate surface area is 116 Å². The Morgan fingerprint density at radius 2 is 2.00 bits per heavy atom. The molecule has 5 heteroatoms. The number of nitrogens with zero attached hydrogens (tertiary/aromatic N) is 2. The highest BCUT2D eigenvalue weighted by Crippen LogP contribution is 2.36. The maximum Gasteiger partial charge on any atom is 0.516 e. The van der Waals surface area contributed by atoms with Gasteiger partial charge in [-0.15, -0.1) is 0 Å². The second-order valence-electron chi connectivity index (χ2n) is 4.98. The summed E-state index contributed by atoms with van der Waals surface area (Å²) < 4.78 is 81.2. The fourth-order valence-corrected chi connectivity index (χ4v) is 1.43. The summed E-state index contributed by atoms with van der Waals surface area (Å²) in [5.41, 5.74) is -1.79. The third-order valence-electron chi connectivity index (χ3n) is 3.20. The maximum absolute atomic E-state index is 8.21. The molecule has 0 aliphatic carbocycles. The highest BCUT2D eigenvalue weighted by atomic mass is 16.7. The molecular weight excluding hydrogens is 215 g/mol. The topological polar surface area (TPSA) is 36.3 Å². The van der Waals surface area contributed by atoms with Crippen molar-refractivity contribution in [3.63, 3.8) is 0 Å². The Balaban J connectivity index is 2.63. The quantitative estimate of drug-likeness (QED) is 0.745. The van der Waals surface area contributed by atoms with Gasteiger partial charge < -0.3 is 13.9 Å². The molecule has 0 saturated carbocycles. The molecule has 1 aliphatic heterocycles. The number of rotatable bonds is 2. The molecule has 2 heterocycles. The molecule has 1 aromatic heterocycles. The molecule has 1 fully saturated rings. The third-order valence-corrected chi connectivity index (χ3v) is 3.20.